The second-order valence-electron chi connectivity index (χ2n) is 5.70. The van der Waals surface area contributed by atoms with Crippen LogP contribution in [-0.2, 0) is 14.3 Å². The van der Waals surface area contributed by atoms with Gasteiger partial charge in [0.25, 0.3) is 0 Å². The van der Waals surface area contributed by atoms with Crippen LogP contribution in [0.5, 0.6) is 0 Å². The first-order valence-electron chi connectivity index (χ1n) is 7.29. The lowest BCUT2D eigenvalue weighted by Gasteiger charge is -2.15. The predicted molar refractivity (Wildman–Crippen MR) is 84.7 cm³/mol. The van der Waals surface area contributed by atoms with Gasteiger partial charge in [0.05, 0.1) is 22.3 Å². The molecule has 116 valence electrons. The van der Waals surface area contributed by atoms with Crippen LogP contribution in [0.15, 0.2) is 24.3 Å². The summed E-state index contributed by atoms with van der Waals surface area (Å²) in [5.74, 6) is -0.556. The van der Waals surface area contributed by atoms with Gasteiger partial charge in [0.15, 0.2) is 0 Å². The van der Waals surface area contributed by atoms with Gasteiger partial charge in [-0.3, -0.25) is 9.59 Å². The highest BCUT2D eigenvalue weighted by Crippen LogP contribution is 2.47. The third-order valence-electron chi connectivity index (χ3n) is 4.06. The van der Waals surface area contributed by atoms with Crippen molar-refractivity contribution < 1.29 is 14.3 Å². The van der Waals surface area contributed by atoms with Gasteiger partial charge in [0.1, 0.15) is 5.41 Å². The molecule has 0 spiro atoms. The fraction of sp³-hybridized carbons (Fsp3) is 0.438. The molecule has 1 aromatic heterocycles. The molecule has 0 unspecified atom stereocenters. The highest BCUT2D eigenvalue weighted by atomic mass is 32.1. The predicted octanol–water partition coefficient (Wildman–Crippen LogP) is 2.47. The van der Waals surface area contributed by atoms with Crippen LogP contribution >= 0.6 is 11.3 Å². The molecule has 0 bridgehead atoms. The van der Waals surface area contributed by atoms with Gasteiger partial charge >= 0.3 is 5.97 Å². The van der Waals surface area contributed by atoms with Crippen LogP contribution in [0.3, 0.4) is 0 Å². The molecule has 0 saturated heterocycles. The molecule has 3 rings (SSSR count). The number of para-hydroxylation sites is 1. The number of nitrogens with one attached hydrogen (secondary N) is 1. The van der Waals surface area contributed by atoms with Crippen LogP contribution in [0.25, 0.3) is 10.2 Å². The second kappa shape index (κ2) is 5.68. The van der Waals surface area contributed by atoms with Crippen LogP contribution in [0, 0.1) is 5.41 Å². The van der Waals surface area contributed by atoms with Crippen molar-refractivity contribution in [2.24, 2.45) is 5.41 Å². The summed E-state index contributed by atoms with van der Waals surface area (Å²) < 4.78 is 5.86. The topological polar surface area (TPSA) is 68.3 Å². The van der Waals surface area contributed by atoms with Gasteiger partial charge < -0.3 is 10.1 Å². The summed E-state index contributed by atoms with van der Waals surface area (Å²) >= 11 is 1.64. The Kier molecular flexibility index (Phi) is 3.87. The molecular weight excluding hydrogens is 300 g/mol. The van der Waals surface area contributed by atoms with E-state index in [0.29, 0.717) is 19.4 Å². The minimum Gasteiger partial charge on any atom is -0.468 e. The van der Waals surface area contributed by atoms with Gasteiger partial charge in [-0.1, -0.05) is 19.1 Å². The van der Waals surface area contributed by atoms with Crippen molar-refractivity contribution in [2.75, 3.05) is 13.7 Å². The third kappa shape index (κ3) is 2.59. The first-order chi connectivity index (χ1) is 10.6. The van der Waals surface area contributed by atoms with E-state index in [-0.39, 0.29) is 11.8 Å². The Labute approximate surface area is 132 Å². The Hall–Kier alpha value is -1.95. The Morgan fingerprint density at radius 2 is 2.14 bits per heavy atom. The molecule has 22 heavy (non-hydrogen) atoms. The minimum atomic E-state index is -0.942. The zero-order valence-electron chi connectivity index (χ0n) is 12.6. The highest BCUT2D eigenvalue weighted by molar-refractivity contribution is 7.18. The van der Waals surface area contributed by atoms with E-state index in [1.165, 1.54) is 7.11 Å². The number of benzene rings is 1. The number of methoxy groups -OCH3 is 1. The number of carbonyl (C=O) groups is 2. The van der Waals surface area contributed by atoms with Gasteiger partial charge in [-0.25, -0.2) is 4.98 Å². The van der Waals surface area contributed by atoms with E-state index in [9.17, 15) is 9.59 Å². The molecule has 0 radical (unpaired) electrons. The quantitative estimate of drug-likeness (QED) is 0.679. The molecule has 1 aliphatic rings. The normalized spacial score (nSPS) is 17.0. The van der Waals surface area contributed by atoms with Crippen molar-refractivity contribution >= 4 is 33.4 Å². The van der Waals surface area contributed by atoms with E-state index in [0.717, 1.165) is 15.2 Å². The summed E-state index contributed by atoms with van der Waals surface area (Å²) in [4.78, 5) is 28.5. The van der Waals surface area contributed by atoms with Crippen molar-refractivity contribution in [3.63, 3.8) is 0 Å². The third-order valence-corrected chi connectivity index (χ3v) is 5.33. The summed E-state index contributed by atoms with van der Waals surface area (Å²) in [6.07, 6.45) is 1.14. The standard InChI is InChI=1S/C16H18N2O3S/c1-10(13-18-11-5-3-4-6-12(11)22-13)9-17-14(19)16(7-8-16)15(20)21-2/h3-6,10H,7-9H2,1-2H3,(H,17,19)/t10-/m0/s1. The van der Waals surface area contributed by atoms with Crippen molar-refractivity contribution in [2.45, 2.75) is 25.7 Å². The maximum absolute atomic E-state index is 12.2. The van der Waals surface area contributed by atoms with Crippen LogP contribution in [0.1, 0.15) is 30.7 Å². The zero-order valence-corrected chi connectivity index (χ0v) is 13.4. The molecule has 6 heteroatoms. The molecular formula is C16H18N2O3S. The van der Waals surface area contributed by atoms with Crippen LogP contribution in [0.2, 0.25) is 0 Å². The Bertz CT molecular complexity index is 688. The van der Waals surface area contributed by atoms with Crippen LogP contribution in [0.4, 0.5) is 0 Å². The average molecular weight is 318 g/mol. The molecule has 1 saturated carbocycles. The van der Waals surface area contributed by atoms with Gasteiger partial charge in [-0.15, -0.1) is 11.3 Å². The molecule has 1 fully saturated rings. The van der Waals surface area contributed by atoms with Gasteiger partial charge in [-0.2, -0.15) is 0 Å². The number of carbonyl (C=O) groups excluding carboxylic acids is 2. The summed E-state index contributed by atoms with van der Waals surface area (Å²) in [7, 11) is 1.32. The number of amides is 1. The smallest absolute Gasteiger partial charge is 0.321 e. The molecule has 1 N–H and O–H groups in total. The lowest BCUT2D eigenvalue weighted by atomic mass is 10.1. The van der Waals surface area contributed by atoms with Crippen LogP contribution < -0.4 is 5.32 Å². The Balaban J connectivity index is 1.64. The van der Waals surface area contributed by atoms with Gasteiger partial charge in [-0.05, 0) is 25.0 Å². The number of rotatable bonds is 5. The number of hydrogen-bond acceptors (Lipinski definition) is 5. The molecule has 1 heterocycles. The summed E-state index contributed by atoms with van der Waals surface area (Å²) in [6.45, 7) is 2.49. The molecule has 1 aliphatic carbocycles. The largest absolute Gasteiger partial charge is 0.468 e. The van der Waals surface area contributed by atoms with E-state index in [2.05, 4.69) is 10.3 Å². The van der Waals surface area contributed by atoms with Crippen molar-refractivity contribution in [3.8, 4) is 0 Å². The van der Waals surface area contributed by atoms with E-state index in [1.807, 2.05) is 31.2 Å². The zero-order chi connectivity index (χ0) is 15.7. The molecule has 1 amide bonds. The number of nitrogens with zero attached hydrogens (tertiary/aromatic N) is 1. The number of ether oxygens (including phenoxy) is 1. The number of thiazole rings is 1. The maximum atomic E-state index is 12.2. The van der Waals surface area contributed by atoms with Gasteiger partial charge in [0, 0.05) is 12.5 Å². The number of hydrogen-bond donors (Lipinski definition) is 1. The van der Waals surface area contributed by atoms with Crippen LogP contribution in [-0.4, -0.2) is 30.5 Å². The van der Waals surface area contributed by atoms with E-state index in [4.69, 9.17) is 4.74 Å². The monoisotopic (exact) mass is 318 g/mol. The highest BCUT2D eigenvalue weighted by Gasteiger charge is 2.57. The molecule has 5 nitrogen and oxygen atoms in total. The summed E-state index contributed by atoms with van der Waals surface area (Å²) in [5, 5.41) is 3.86. The molecule has 0 aliphatic heterocycles. The Morgan fingerprint density at radius 1 is 1.41 bits per heavy atom. The fourth-order valence-corrected chi connectivity index (χ4v) is 3.47. The SMILES string of the molecule is COC(=O)C1(C(=O)NC[C@H](C)c2nc3ccccc3s2)CC1. The van der Waals surface area contributed by atoms with E-state index < -0.39 is 11.4 Å². The van der Waals surface area contributed by atoms with Gasteiger partial charge in [0.2, 0.25) is 5.91 Å². The van der Waals surface area contributed by atoms with Crippen molar-refractivity contribution in [1.29, 1.82) is 0 Å². The second-order valence-corrected chi connectivity index (χ2v) is 6.77. The lowest BCUT2D eigenvalue weighted by molar-refractivity contribution is -0.152. The van der Waals surface area contributed by atoms with E-state index >= 15 is 0 Å². The average Bonchev–Trinajstić information content (AvgIpc) is 3.24. The number of aromatic nitrogens is 1. The maximum Gasteiger partial charge on any atom is 0.321 e. The fourth-order valence-electron chi connectivity index (χ4n) is 2.45. The molecule has 2 aromatic rings. The number of esters is 1. The number of fused-ring (bicyclic) bond motifs is 1. The Morgan fingerprint density at radius 3 is 2.77 bits per heavy atom. The first-order valence-corrected chi connectivity index (χ1v) is 8.10. The van der Waals surface area contributed by atoms with Crippen molar-refractivity contribution in [1.82, 2.24) is 10.3 Å². The lowest BCUT2D eigenvalue weighted by Crippen LogP contribution is -2.39. The van der Waals surface area contributed by atoms with E-state index in [1.54, 1.807) is 11.3 Å². The first kappa shape index (κ1) is 15.0. The summed E-state index contributed by atoms with van der Waals surface area (Å²) in [5.41, 5.74) is 0.0381. The molecule has 1 aromatic carbocycles. The minimum absolute atomic E-state index is 0.106. The summed E-state index contributed by atoms with van der Waals surface area (Å²) in [6, 6.07) is 7.98. The molecule has 1 atom stereocenters. The van der Waals surface area contributed by atoms with Crippen molar-refractivity contribution in [3.05, 3.63) is 29.3 Å².